The molecule has 0 aromatic carbocycles. The molecule has 4 aliphatic rings. The number of halogens is 1. The first-order valence-electron chi connectivity index (χ1n) is 16.7. The number of imidazole rings is 1. The molecule has 6 heterocycles. The predicted octanol–water partition coefficient (Wildman–Crippen LogP) is 1.61. The summed E-state index contributed by atoms with van der Waals surface area (Å²) in [6.07, 6.45) is -4.28. The molecule has 1 amide bonds. The molecule has 0 spiro atoms. The molecule has 3 aromatic rings. The highest BCUT2D eigenvalue weighted by molar-refractivity contribution is 8.44. The number of aliphatic hydroxyl groups excluding tert-OH is 1. The summed E-state index contributed by atoms with van der Waals surface area (Å²) in [6, 6.07) is 1.33. The van der Waals surface area contributed by atoms with Crippen LogP contribution in [0.25, 0.3) is 11.2 Å². The molecular formula is C28H37FN8O12P2S2. The second-order valence-corrected chi connectivity index (χ2v) is 18.8. The van der Waals surface area contributed by atoms with E-state index in [-0.39, 0.29) is 34.8 Å². The van der Waals surface area contributed by atoms with Crippen molar-refractivity contribution in [2.45, 2.75) is 94.1 Å². The van der Waals surface area contributed by atoms with Crippen molar-refractivity contribution in [3.05, 3.63) is 39.4 Å². The fraction of sp³-hybridized carbons (Fsp3) is 0.643. The zero-order valence-corrected chi connectivity index (χ0v) is 31.6. The van der Waals surface area contributed by atoms with Crippen LogP contribution in [0.1, 0.15) is 52.2 Å². The number of nitrogens with two attached hydrogens (primary N) is 1. The van der Waals surface area contributed by atoms with Crippen LogP contribution in [-0.4, -0.2) is 94.4 Å². The van der Waals surface area contributed by atoms with Gasteiger partial charge in [0.15, 0.2) is 28.8 Å². The number of anilines is 2. The number of hydrogen-bond donors (Lipinski definition) is 6. The minimum atomic E-state index is -4.50. The van der Waals surface area contributed by atoms with E-state index < -0.39 is 92.5 Å². The Morgan fingerprint density at radius 1 is 1.23 bits per heavy atom. The zero-order valence-electron chi connectivity index (χ0n) is 28.1. The third-order valence-corrected chi connectivity index (χ3v) is 12.7. The molecule has 25 heteroatoms. The number of alkyl halides is 1. The third kappa shape index (κ3) is 7.04. The molecule has 6 N–H and O–H groups in total. The molecule has 20 nitrogen and oxygen atoms in total. The fourth-order valence-corrected chi connectivity index (χ4v) is 9.99. The number of nitrogen functional groups attached to an aromatic ring is 1. The molecule has 7 rings (SSSR count). The predicted molar refractivity (Wildman–Crippen MR) is 189 cm³/mol. The number of aliphatic hydroxyl groups is 1. The Labute approximate surface area is 309 Å². The molecule has 3 aliphatic heterocycles. The number of nitrogens with zero attached hydrogens (tertiary/aromatic N) is 5. The summed E-state index contributed by atoms with van der Waals surface area (Å²) in [5, 5.41) is 13.9. The van der Waals surface area contributed by atoms with Crippen LogP contribution in [0, 0.1) is 5.92 Å². The van der Waals surface area contributed by atoms with Crippen molar-refractivity contribution >= 4 is 66.4 Å². The van der Waals surface area contributed by atoms with E-state index in [1.54, 1.807) is 0 Å². The Balaban J connectivity index is 1.15. The Morgan fingerprint density at radius 3 is 2.64 bits per heavy atom. The summed E-state index contributed by atoms with van der Waals surface area (Å²) in [6.45, 7) is -6.33. The Kier molecular flexibility index (Phi) is 10.3. The summed E-state index contributed by atoms with van der Waals surface area (Å²) in [5.74, 6) is -0.849. The van der Waals surface area contributed by atoms with Gasteiger partial charge in [-0.2, -0.15) is 9.97 Å². The van der Waals surface area contributed by atoms with Crippen molar-refractivity contribution in [1.82, 2.24) is 29.1 Å². The van der Waals surface area contributed by atoms with Crippen molar-refractivity contribution < 1.29 is 51.3 Å². The van der Waals surface area contributed by atoms with Gasteiger partial charge in [-0.3, -0.25) is 37.3 Å². The highest BCUT2D eigenvalue weighted by Crippen LogP contribution is 2.69. The van der Waals surface area contributed by atoms with Crippen molar-refractivity contribution in [3.8, 4) is 0 Å². The molecule has 53 heavy (non-hydrogen) atoms. The van der Waals surface area contributed by atoms with E-state index in [2.05, 4.69) is 37.5 Å². The number of thiol groups is 1. The summed E-state index contributed by atoms with van der Waals surface area (Å²) in [5.41, 5.74) is -0.620. The van der Waals surface area contributed by atoms with E-state index in [1.165, 1.54) is 16.8 Å². The van der Waals surface area contributed by atoms with Gasteiger partial charge in [0, 0.05) is 18.5 Å². The van der Waals surface area contributed by atoms with Gasteiger partial charge in [0.2, 0.25) is 11.9 Å². The van der Waals surface area contributed by atoms with Crippen LogP contribution in [0.4, 0.5) is 16.2 Å². The summed E-state index contributed by atoms with van der Waals surface area (Å²) >= 11 is 9.29. The van der Waals surface area contributed by atoms with Gasteiger partial charge < -0.3 is 35.0 Å². The van der Waals surface area contributed by atoms with Crippen molar-refractivity contribution in [2.24, 2.45) is 5.92 Å². The van der Waals surface area contributed by atoms with Crippen LogP contribution in [0.3, 0.4) is 0 Å². The first-order valence-corrected chi connectivity index (χ1v) is 21.9. The van der Waals surface area contributed by atoms with Crippen LogP contribution >= 0.6 is 25.8 Å². The quantitative estimate of drug-likeness (QED) is 0.139. The average Bonchev–Trinajstić information content (AvgIpc) is 3.29. The van der Waals surface area contributed by atoms with Crippen molar-refractivity contribution in [2.75, 3.05) is 24.3 Å². The monoisotopic (exact) mass is 822 g/mol. The number of H-pyrrole nitrogens is 1. The number of aromatic amines is 1. The third-order valence-electron chi connectivity index (χ3n) is 9.59. The number of ether oxygens (including phenoxy) is 2. The molecule has 2 bridgehead atoms. The molecule has 1 saturated carbocycles. The smallest absolute Gasteiger partial charge is 0.386 e. The van der Waals surface area contributed by atoms with Gasteiger partial charge in [-0.15, -0.1) is 0 Å². The average molecular weight is 823 g/mol. The second kappa shape index (κ2) is 14.1. The maximum absolute atomic E-state index is 16.9. The Hall–Kier alpha value is -2.66. The summed E-state index contributed by atoms with van der Waals surface area (Å²) in [7, 11) is 0. The number of aromatic nitrogens is 6. The molecule has 3 aromatic heterocycles. The molecular weight excluding hydrogens is 785 g/mol. The van der Waals surface area contributed by atoms with Gasteiger partial charge in [0.25, 0.3) is 5.56 Å². The minimum Gasteiger partial charge on any atom is -0.387 e. The van der Waals surface area contributed by atoms with Gasteiger partial charge in [-0.05, 0) is 30.7 Å². The number of amides is 1. The van der Waals surface area contributed by atoms with Crippen molar-refractivity contribution in [1.29, 1.82) is 0 Å². The topological polar surface area (TPSA) is 266 Å². The second-order valence-electron chi connectivity index (χ2n) is 13.2. The highest BCUT2D eigenvalue weighted by Gasteiger charge is 2.84. The lowest BCUT2D eigenvalue weighted by atomic mass is 9.97. The van der Waals surface area contributed by atoms with E-state index in [4.69, 9.17) is 45.1 Å². The first-order chi connectivity index (χ1) is 25.0. The Morgan fingerprint density at radius 2 is 1.94 bits per heavy atom. The molecule has 6 unspecified atom stereocenters. The molecule has 3 saturated heterocycles. The number of nitrogens with one attached hydrogen (secondary N) is 2. The lowest BCUT2D eigenvalue weighted by Gasteiger charge is -2.28. The highest BCUT2D eigenvalue weighted by atomic mass is 32.7. The zero-order chi connectivity index (χ0) is 38.1. The van der Waals surface area contributed by atoms with E-state index in [1.807, 2.05) is 13.8 Å². The molecule has 0 radical (unpaired) electrons. The van der Waals surface area contributed by atoms with Gasteiger partial charge in [-0.1, -0.05) is 38.9 Å². The first kappa shape index (κ1) is 38.6. The summed E-state index contributed by atoms with van der Waals surface area (Å²) in [4.78, 5) is 64.0. The maximum Gasteiger partial charge on any atom is 0.386 e. The minimum absolute atomic E-state index is 0.0328. The number of rotatable bonds is 8. The molecule has 10 atom stereocenters. The summed E-state index contributed by atoms with van der Waals surface area (Å²) < 4.78 is 67.0. The number of hydrogen-bond acceptors (Lipinski definition) is 16. The molecule has 1 aliphatic carbocycles. The van der Waals surface area contributed by atoms with Gasteiger partial charge in [0.1, 0.15) is 36.3 Å². The number of fused-ring (bicyclic) bond motifs is 6. The van der Waals surface area contributed by atoms with E-state index in [0.29, 0.717) is 12.8 Å². The normalized spacial score (nSPS) is 37.0. The molecule has 290 valence electrons. The van der Waals surface area contributed by atoms with Crippen LogP contribution in [0.15, 0.2) is 28.2 Å². The van der Waals surface area contributed by atoms with E-state index >= 15 is 4.39 Å². The van der Waals surface area contributed by atoms with Crippen LogP contribution in [-0.2, 0) is 54.5 Å². The largest absolute Gasteiger partial charge is 0.387 e. The van der Waals surface area contributed by atoms with Gasteiger partial charge >= 0.3 is 19.2 Å². The SMILES string of the molecule is CCCC(CCC)C(=O)Nc1ccn([C@]23CC2(F)C2OP(O)(=S)OC[C@H]4O[C@@H](n5cnc6c(=O)[nH]c(N)nc65)C(OP(=O)(S)OC[C@H]2O3)C4O)c(=O)n1. The number of carbonyl (C=O) groups excluding carboxylic acids is 1. The number of carbonyl (C=O) groups is 1. The molecule has 4 fully saturated rings. The van der Waals surface area contributed by atoms with Crippen molar-refractivity contribution in [3.63, 3.8) is 0 Å². The van der Waals surface area contributed by atoms with Crippen LogP contribution in [0.2, 0.25) is 0 Å². The fourth-order valence-electron chi connectivity index (χ4n) is 7.08. The van der Waals surface area contributed by atoms with Crippen LogP contribution < -0.4 is 22.3 Å². The lowest BCUT2D eigenvalue weighted by Crippen LogP contribution is -2.38. The Bertz CT molecular complexity index is 2140. The van der Waals surface area contributed by atoms with Gasteiger partial charge in [0.05, 0.1) is 19.5 Å². The van der Waals surface area contributed by atoms with Crippen LogP contribution in [0.5, 0.6) is 0 Å². The maximum atomic E-state index is 16.9. The lowest BCUT2D eigenvalue weighted by molar-refractivity contribution is -0.120. The van der Waals surface area contributed by atoms with E-state index in [9.17, 15) is 28.9 Å². The van der Waals surface area contributed by atoms with E-state index in [0.717, 1.165) is 23.7 Å². The van der Waals surface area contributed by atoms with Gasteiger partial charge in [-0.25, -0.2) is 18.7 Å². The standard InChI is InChI=1S/C28H37FN8O12P2S2/c1-3-5-13(6-4-2)22(39)32-16-7-8-37(26(41)33-16)28-11-27(28,29)20-15(47-28)10-45-50(42,52)48-19-18(38)14(9-44-51(43,53)49-20)46-24(19)36-12-31-17-21(36)34-25(30)35-23(17)40/h7-8,12-15,18-20,24,38H,3-6,9-11H2,1-2H3,(H,42,52)(H,43,53)(H3,30,34,35,40)(H,32,33,39,41)/t14-,15-,18?,19?,20?,24-,27?,28+,50?,51?/m1/s1.